The molecule has 0 spiro atoms. The van der Waals surface area contributed by atoms with Gasteiger partial charge in [-0.1, -0.05) is 20.8 Å². The fraction of sp³-hybridized carbons (Fsp3) is 0.909. The predicted octanol–water partition coefficient (Wildman–Crippen LogP) is 2.40. The van der Waals surface area contributed by atoms with Crippen LogP contribution in [0.15, 0.2) is 0 Å². The number of aliphatic hydroxyl groups excluding tert-OH is 1. The first-order valence-corrected chi connectivity index (χ1v) is 5.14. The van der Waals surface area contributed by atoms with E-state index in [-0.39, 0.29) is 11.9 Å². The van der Waals surface area contributed by atoms with Crippen molar-refractivity contribution in [2.75, 3.05) is 0 Å². The number of Topliss-reactive ketones (excluding diaryl/α,β-unsaturated/α-hetero) is 1. The summed E-state index contributed by atoms with van der Waals surface area (Å²) in [6.45, 7) is 7.72. The molecule has 0 aromatic rings. The number of aliphatic hydroxyl groups is 1. The molecule has 0 fully saturated rings. The molecule has 0 aliphatic carbocycles. The highest BCUT2D eigenvalue weighted by atomic mass is 16.3. The minimum absolute atomic E-state index is 0.214. The van der Waals surface area contributed by atoms with E-state index in [4.69, 9.17) is 0 Å². The molecule has 0 bridgehead atoms. The van der Waals surface area contributed by atoms with Crippen molar-refractivity contribution in [1.29, 1.82) is 0 Å². The molecule has 13 heavy (non-hydrogen) atoms. The molecular formula is C11H22O2. The summed E-state index contributed by atoms with van der Waals surface area (Å²) in [5.41, 5.74) is 0. The summed E-state index contributed by atoms with van der Waals surface area (Å²) in [4.78, 5) is 10.8. The first-order valence-electron chi connectivity index (χ1n) is 5.14. The zero-order valence-corrected chi connectivity index (χ0v) is 9.21. The van der Waals surface area contributed by atoms with Gasteiger partial charge in [-0.3, -0.25) is 0 Å². The second-order valence-corrected chi connectivity index (χ2v) is 4.20. The van der Waals surface area contributed by atoms with Gasteiger partial charge in [0.25, 0.3) is 0 Å². The maximum atomic E-state index is 10.8. The third kappa shape index (κ3) is 5.81. The van der Waals surface area contributed by atoms with Crippen molar-refractivity contribution in [3.63, 3.8) is 0 Å². The second kappa shape index (κ2) is 6.14. The van der Waals surface area contributed by atoms with Crippen molar-refractivity contribution in [3.8, 4) is 0 Å². The summed E-state index contributed by atoms with van der Waals surface area (Å²) < 4.78 is 0. The van der Waals surface area contributed by atoms with Crippen LogP contribution in [0, 0.1) is 11.8 Å². The molecule has 2 nitrogen and oxygen atoms in total. The van der Waals surface area contributed by atoms with Crippen molar-refractivity contribution in [1.82, 2.24) is 0 Å². The van der Waals surface area contributed by atoms with Crippen LogP contribution < -0.4 is 0 Å². The Morgan fingerprint density at radius 1 is 1.38 bits per heavy atom. The Kier molecular flexibility index (Phi) is 5.97. The maximum absolute atomic E-state index is 10.8. The molecule has 78 valence electrons. The quantitative estimate of drug-likeness (QED) is 0.691. The maximum Gasteiger partial charge on any atom is 0.130 e. The SMILES string of the molecule is CC[C@H](O)[C@@H](C)C[C@H](C)CC(C)=O. The molecule has 0 aromatic carbocycles. The van der Waals surface area contributed by atoms with Crippen LogP contribution in [-0.4, -0.2) is 17.0 Å². The molecular weight excluding hydrogens is 164 g/mol. The van der Waals surface area contributed by atoms with Gasteiger partial charge in [0.1, 0.15) is 5.78 Å². The molecule has 1 N–H and O–H groups in total. The lowest BCUT2D eigenvalue weighted by atomic mass is 9.89. The van der Waals surface area contributed by atoms with E-state index in [1.165, 1.54) is 0 Å². The number of carbonyl (C=O) groups excluding carboxylic acids is 1. The molecule has 0 radical (unpaired) electrons. The van der Waals surface area contributed by atoms with Crippen molar-refractivity contribution in [2.45, 2.75) is 53.1 Å². The topological polar surface area (TPSA) is 37.3 Å². The van der Waals surface area contributed by atoms with E-state index in [1.807, 2.05) is 13.8 Å². The summed E-state index contributed by atoms with van der Waals surface area (Å²) >= 11 is 0. The Hall–Kier alpha value is -0.370. The normalized spacial score (nSPS) is 17.9. The highest BCUT2D eigenvalue weighted by Crippen LogP contribution is 2.19. The average Bonchev–Trinajstić information content (AvgIpc) is 2.01. The Bertz CT molecular complexity index is 154. The number of ketones is 1. The summed E-state index contributed by atoms with van der Waals surface area (Å²) in [7, 11) is 0. The Labute approximate surface area is 81.3 Å². The molecule has 0 aromatic heterocycles. The van der Waals surface area contributed by atoms with Gasteiger partial charge in [-0.25, -0.2) is 0 Å². The van der Waals surface area contributed by atoms with Gasteiger partial charge in [0.2, 0.25) is 0 Å². The van der Waals surface area contributed by atoms with E-state index < -0.39 is 0 Å². The molecule has 0 heterocycles. The largest absolute Gasteiger partial charge is 0.393 e. The molecule has 0 saturated carbocycles. The zero-order valence-electron chi connectivity index (χ0n) is 9.21. The van der Waals surface area contributed by atoms with Gasteiger partial charge < -0.3 is 9.90 Å². The standard InChI is InChI=1S/C11H22O2/c1-5-11(13)9(3)6-8(2)7-10(4)12/h8-9,11,13H,5-7H2,1-4H3/t8-,9-,11-/m0/s1. The molecule has 0 amide bonds. The van der Waals surface area contributed by atoms with Crippen LogP contribution in [-0.2, 0) is 4.79 Å². The van der Waals surface area contributed by atoms with Gasteiger partial charge in [0.05, 0.1) is 6.10 Å². The third-order valence-electron chi connectivity index (χ3n) is 2.49. The van der Waals surface area contributed by atoms with Crippen LogP contribution >= 0.6 is 0 Å². The fourth-order valence-electron chi connectivity index (χ4n) is 1.77. The van der Waals surface area contributed by atoms with Crippen molar-refractivity contribution >= 4 is 5.78 Å². The lowest BCUT2D eigenvalue weighted by Gasteiger charge is -2.20. The molecule has 0 rings (SSSR count). The van der Waals surface area contributed by atoms with E-state index >= 15 is 0 Å². The van der Waals surface area contributed by atoms with Crippen LogP contribution in [0.5, 0.6) is 0 Å². The first kappa shape index (κ1) is 12.6. The van der Waals surface area contributed by atoms with Gasteiger partial charge in [0.15, 0.2) is 0 Å². The average molecular weight is 186 g/mol. The first-order chi connectivity index (χ1) is 5.97. The van der Waals surface area contributed by atoms with Crippen LogP contribution in [0.25, 0.3) is 0 Å². The van der Waals surface area contributed by atoms with Gasteiger partial charge >= 0.3 is 0 Å². The Morgan fingerprint density at radius 2 is 1.92 bits per heavy atom. The van der Waals surface area contributed by atoms with Gasteiger partial charge in [-0.05, 0) is 31.6 Å². The number of hydrogen-bond donors (Lipinski definition) is 1. The van der Waals surface area contributed by atoms with Crippen molar-refractivity contribution < 1.29 is 9.90 Å². The Balaban J connectivity index is 3.76. The minimum Gasteiger partial charge on any atom is -0.393 e. The van der Waals surface area contributed by atoms with E-state index in [0.29, 0.717) is 18.3 Å². The van der Waals surface area contributed by atoms with Gasteiger partial charge in [-0.15, -0.1) is 0 Å². The summed E-state index contributed by atoms with van der Waals surface area (Å²) in [6, 6.07) is 0. The van der Waals surface area contributed by atoms with Crippen LogP contribution in [0.1, 0.15) is 47.0 Å². The van der Waals surface area contributed by atoms with E-state index in [9.17, 15) is 9.90 Å². The highest BCUT2D eigenvalue weighted by molar-refractivity contribution is 5.75. The van der Waals surface area contributed by atoms with E-state index in [0.717, 1.165) is 12.8 Å². The van der Waals surface area contributed by atoms with Crippen LogP contribution in [0.4, 0.5) is 0 Å². The lowest BCUT2D eigenvalue weighted by molar-refractivity contribution is -0.117. The van der Waals surface area contributed by atoms with E-state index in [2.05, 4.69) is 6.92 Å². The minimum atomic E-state index is -0.214. The second-order valence-electron chi connectivity index (χ2n) is 4.20. The smallest absolute Gasteiger partial charge is 0.130 e. The van der Waals surface area contributed by atoms with E-state index in [1.54, 1.807) is 6.92 Å². The summed E-state index contributed by atoms with van der Waals surface area (Å²) in [5, 5.41) is 9.52. The number of rotatable bonds is 6. The Morgan fingerprint density at radius 3 is 2.31 bits per heavy atom. The predicted molar refractivity (Wildman–Crippen MR) is 54.5 cm³/mol. The number of carbonyl (C=O) groups is 1. The monoisotopic (exact) mass is 186 g/mol. The molecule has 2 heteroatoms. The van der Waals surface area contributed by atoms with Gasteiger partial charge in [-0.2, -0.15) is 0 Å². The third-order valence-corrected chi connectivity index (χ3v) is 2.49. The highest BCUT2D eigenvalue weighted by Gasteiger charge is 2.16. The molecule has 0 saturated heterocycles. The van der Waals surface area contributed by atoms with Crippen molar-refractivity contribution in [2.24, 2.45) is 11.8 Å². The van der Waals surface area contributed by atoms with Crippen LogP contribution in [0.2, 0.25) is 0 Å². The summed E-state index contributed by atoms with van der Waals surface area (Å²) in [5.74, 6) is 0.943. The molecule has 0 aliphatic rings. The molecule has 0 aliphatic heterocycles. The van der Waals surface area contributed by atoms with Crippen molar-refractivity contribution in [3.05, 3.63) is 0 Å². The lowest BCUT2D eigenvalue weighted by Crippen LogP contribution is -2.19. The molecule has 0 unspecified atom stereocenters. The van der Waals surface area contributed by atoms with Gasteiger partial charge in [0, 0.05) is 6.42 Å². The fourth-order valence-corrected chi connectivity index (χ4v) is 1.77. The summed E-state index contributed by atoms with van der Waals surface area (Å²) in [6.07, 6.45) is 2.16. The zero-order chi connectivity index (χ0) is 10.4. The number of hydrogen-bond acceptors (Lipinski definition) is 2. The molecule has 3 atom stereocenters. The van der Waals surface area contributed by atoms with Crippen LogP contribution in [0.3, 0.4) is 0 Å².